The number of hydrogen-bond donors (Lipinski definition) is 0. The first kappa shape index (κ1) is 14.9. The first-order valence-corrected chi connectivity index (χ1v) is 9.50. The van der Waals surface area contributed by atoms with E-state index < -0.39 is 0 Å². The molecule has 1 heterocycles. The van der Waals surface area contributed by atoms with Crippen molar-refractivity contribution < 1.29 is 9.53 Å². The lowest BCUT2D eigenvalue weighted by atomic mass is 9.90. The van der Waals surface area contributed by atoms with Crippen molar-refractivity contribution in [2.45, 2.75) is 88.4 Å². The van der Waals surface area contributed by atoms with E-state index in [1.165, 1.54) is 64.2 Å². The Hall–Kier alpha value is -0.610. The average molecular weight is 306 g/mol. The maximum absolute atomic E-state index is 13.0. The Kier molecular flexibility index (Phi) is 4.40. The topological polar surface area (TPSA) is 32.8 Å². The van der Waals surface area contributed by atoms with Gasteiger partial charge in [0.1, 0.15) is 0 Å². The molecule has 0 bridgehead atoms. The van der Waals surface area contributed by atoms with Gasteiger partial charge in [-0.3, -0.25) is 9.69 Å². The summed E-state index contributed by atoms with van der Waals surface area (Å²) in [4.78, 5) is 17.7. The molecule has 0 spiro atoms. The third-order valence-electron chi connectivity index (χ3n) is 6.13. The Balaban J connectivity index is 1.41. The van der Waals surface area contributed by atoms with Gasteiger partial charge in [-0.25, -0.2) is 0 Å². The number of hydrogen-bond acceptors (Lipinski definition) is 3. The van der Waals surface area contributed by atoms with Crippen molar-refractivity contribution in [3.63, 3.8) is 0 Å². The highest BCUT2D eigenvalue weighted by molar-refractivity contribution is 5.79. The molecule has 1 aliphatic heterocycles. The van der Waals surface area contributed by atoms with Crippen LogP contribution in [0.3, 0.4) is 0 Å². The van der Waals surface area contributed by atoms with Crippen LogP contribution in [0.5, 0.6) is 0 Å². The molecule has 22 heavy (non-hydrogen) atoms. The predicted octanol–water partition coefficient (Wildman–Crippen LogP) is 2.56. The Morgan fingerprint density at radius 2 is 1.64 bits per heavy atom. The molecule has 2 atom stereocenters. The molecule has 3 saturated carbocycles. The predicted molar refractivity (Wildman–Crippen MR) is 85.7 cm³/mol. The van der Waals surface area contributed by atoms with Gasteiger partial charge in [-0.15, -0.1) is 0 Å². The Morgan fingerprint density at radius 3 is 2.41 bits per heavy atom. The zero-order valence-electron chi connectivity index (χ0n) is 13.7. The molecule has 0 radical (unpaired) electrons. The largest absolute Gasteiger partial charge is 0.375 e. The van der Waals surface area contributed by atoms with Crippen LogP contribution in [0.2, 0.25) is 0 Å². The summed E-state index contributed by atoms with van der Waals surface area (Å²) >= 11 is 0. The minimum Gasteiger partial charge on any atom is -0.375 e. The molecule has 0 aromatic heterocycles. The molecule has 4 aliphatic rings. The van der Waals surface area contributed by atoms with Crippen LogP contribution in [-0.4, -0.2) is 59.6 Å². The first-order chi connectivity index (χ1) is 10.8. The Morgan fingerprint density at radius 1 is 0.955 bits per heavy atom. The van der Waals surface area contributed by atoms with Gasteiger partial charge in [0.05, 0.1) is 19.3 Å². The van der Waals surface area contributed by atoms with Crippen molar-refractivity contribution in [3.05, 3.63) is 0 Å². The summed E-state index contributed by atoms with van der Waals surface area (Å²) in [5.74, 6) is 0.403. The van der Waals surface area contributed by atoms with E-state index in [9.17, 15) is 4.79 Å². The third kappa shape index (κ3) is 3.05. The normalized spacial score (nSPS) is 33.6. The number of fused-ring (bicyclic) bond motifs is 1. The number of morpholine rings is 1. The minimum atomic E-state index is 0.385. The highest BCUT2D eigenvalue weighted by atomic mass is 16.5. The molecule has 3 aliphatic carbocycles. The highest BCUT2D eigenvalue weighted by Gasteiger charge is 2.41. The first-order valence-electron chi connectivity index (χ1n) is 9.50. The second-order valence-electron chi connectivity index (χ2n) is 7.70. The molecule has 4 fully saturated rings. The minimum absolute atomic E-state index is 0.385. The van der Waals surface area contributed by atoms with E-state index >= 15 is 0 Å². The van der Waals surface area contributed by atoms with E-state index in [0.717, 1.165) is 13.2 Å². The molecule has 1 saturated heterocycles. The molecule has 0 aromatic rings. The Labute approximate surface area is 134 Å². The fraction of sp³-hybridized carbons (Fsp3) is 0.944. The summed E-state index contributed by atoms with van der Waals surface area (Å²) in [6.45, 7) is 2.38. The molecular formula is C18H30N2O2. The molecule has 0 N–H and O–H groups in total. The van der Waals surface area contributed by atoms with E-state index in [1.807, 2.05) is 0 Å². The SMILES string of the molecule is O=C(CN1CCO[C@H]2CCCC[C@@H]21)N(C1CCCC1)C1CC1. The van der Waals surface area contributed by atoms with Crippen LogP contribution >= 0.6 is 0 Å². The van der Waals surface area contributed by atoms with Gasteiger partial charge in [-0.2, -0.15) is 0 Å². The smallest absolute Gasteiger partial charge is 0.237 e. The van der Waals surface area contributed by atoms with Gasteiger partial charge in [0.15, 0.2) is 0 Å². The molecule has 1 amide bonds. The lowest BCUT2D eigenvalue weighted by Crippen LogP contribution is -2.56. The zero-order chi connectivity index (χ0) is 14.9. The fourth-order valence-electron chi connectivity index (χ4n) is 4.87. The molecular weight excluding hydrogens is 276 g/mol. The number of ether oxygens (including phenoxy) is 1. The summed E-state index contributed by atoms with van der Waals surface area (Å²) in [5.41, 5.74) is 0. The van der Waals surface area contributed by atoms with E-state index in [-0.39, 0.29) is 0 Å². The van der Waals surface area contributed by atoms with Crippen LogP contribution in [0.25, 0.3) is 0 Å². The van der Waals surface area contributed by atoms with Crippen LogP contribution in [0.1, 0.15) is 64.2 Å². The van der Waals surface area contributed by atoms with Crippen molar-refractivity contribution >= 4 is 5.91 Å². The second-order valence-corrected chi connectivity index (χ2v) is 7.70. The summed E-state index contributed by atoms with van der Waals surface area (Å²) in [5, 5.41) is 0. The summed E-state index contributed by atoms with van der Waals surface area (Å²) < 4.78 is 5.95. The molecule has 4 rings (SSSR count). The van der Waals surface area contributed by atoms with E-state index in [2.05, 4.69) is 9.80 Å². The van der Waals surface area contributed by atoms with Crippen molar-refractivity contribution in [1.29, 1.82) is 0 Å². The average Bonchev–Trinajstić information content (AvgIpc) is 3.22. The summed E-state index contributed by atoms with van der Waals surface area (Å²) in [6, 6.07) is 1.61. The molecule has 124 valence electrons. The van der Waals surface area contributed by atoms with Crippen molar-refractivity contribution in [2.75, 3.05) is 19.7 Å². The van der Waals surface area contributed by atoms with Gasteiger partial charge in [0, 0.05) is 24.7 Å². The quantitative estimate of drug-likeness (QED) is 0.800. The van der Waals surface area contributed by atoms with E-state index in [0.29, 0.717) is 36.7 Å². The highest BCUT2D eigenvalue weighted by Crippen LogP contribution is 2.35. The van der Waals surface area contributed by atoms with Gasteiger partial charge in [-0.05, 0) is 38.5 Å². The van der Waals surface area contributed by atoms with Gasteiger partial charge in [-0.1, -0.05) is 25.7 Å². The van der Waals surface area contributed by atoms with Crippen LogP contribution in [0, 0.1) is 0 Å². The summed E-state index contributed by atoms with van der Waals surface area (Å²) in [7, 11) is 0. The second kappa shape index (κ2) is 6.48. The molecule has 0 aromatic carbocycles. The number of carbonyl (C=O) groups excluding carboxylic acids is 1. The van der Waals surface area contributed by atoms with Crippen molar-refractivity contribution in [3.8, 4) is 0 Å². The fourth-order valence-corrected chi connectivity index (χ4v) is 4.87. The maximum atomic E-state index is 13.0. The number of rotatable bonds is 4. The maximum Gasteiger partial charge on any atom is 0.237 e. The molecule has 4 nitrogen and oxygen atoms in total. The van der Waals surface area contributed by atoms with Crippen LogP contribution < -0.4 is 0 Å². The number of nitrogens with zero attached hydrogens (tertiary/aromatic N) is 2. The van der Waals surface area contributed by atoms with E-state index in [4.69, 9.17) is 4.74 Å². The number of amides is 1. The standard InChI is InChI=1S/C18H30N2O2/c21-18(20(15-9-10-15)14-5-1-2-6-14)13-19-11-12-22-17-8-4-3-7-16(17)19/h14-17H,1-13H2/t16-,17-/m0/s1. The molecule has 4 heteroatoms. The Bertz CT molecular complexity index is 402. The van der Waals surface area contributed by atoms with Crippen LogP contribution in [0.15, 0.2) is 0 Å². The van der Waals surface area contributed by atoms with Gasteiger partial charge >= 0.3 is 0 Å². The lowest BCUT2D eigenvalue weighted by molar-refractivity contribution is -0.141. The van der Waals surface area contributed by atoms with Crippen molar-refractivity contribution in [2.24, 2.45) is 0 Å². The lowest BCUT2D eigenvalue weighted by Gasteiger charge is -2.44. The summed E-state index contributed by atoms with van der Waals surface area (Å²) in [6.07, 6.45) is 12.9. The van der Waals surface area contributed by atoms with Crippen LogP contribution in [0.4, 0.5) is 0 Å². The zero-order valence-corrected chi connectivity index (χ0v) is 13.7. The third-order valence-corrected chi connectivity index (χ3v) is 6.13. The van der Waals surface area contributed by atoms with Gasteiger partial charge in [0.2, 0.25) is 5.91 Å². The van der Waals surface area contributed by atoms with E-state index in [1.54, 1.807) is 0 Å². The van der Waals surface area contributed by atoms with Crippen molar-refractivity contribution in [1.82, 2.24) is 9.80 Å². The van der Waals surface area contributed by atoms with Gasteiger partial charge in [0.25, 0.3) is 0 Å². The van der Waals surface area contributed by atoms with Gasteiger partial charge < -0.3 is 9.64 Å². The number of carbonyl (C=O) groups is 1. The monoisotopic (exact) mass is 306 g/mol. The molecule has 0 unspecified atom stereocenters. The van der Waals surface area contributed by atoms with Crippen LogP contribution in [-0.2, 0) is 9.53 Å².